The molecule has 1 atom stereocenters. The molecule has 0 bridgehead atoms. The fourth-order valence-corrected chi connectivity index (χ4v) is 3.11. The second-order valence-electron chi connectivity index (χ2n) is 6.97. The predicted octanol–water partition coefficient (Wildman–Crippen LogP) is 3.37. The summed E-state index contributed by atoms with van der Waals surface area (Å²) in [5.41, 5.74) is 2.42. The summed E-state index contributed by atoms with van der Waals surface area (Å²) in [6.45, 7) is 5.37. The summed E-state index contributed by atoms with van der Waals surface area (Å²) in [6.07, 6.45) is 3.54. The van der Waals surface area contributed by atoms with Crippen LogP contribution >= 0.6 is 0 Å². The number of pyridine rings is 1. The van der Waals surface area contributed by atoms with Gasteiger partial charge in [0, 0.05) is 30.6 Å². The average Bonchev–Trinajstić information content (AvgIpc) is 3.20. The Kier molecular flexibility index (Phi) is 6.19. The maximum Gasteiger partial charge on any atom is 0.274 e. The summed E-state index contributed by atoms with van der Waals surface area (Å²) < 4.78 is 5.51. The predicted molar refractivity (Wildman–Crippen MR) is 104 cm³/mol. The Bertz CT molecular complexity index is 814. The molecule has 27 heavy (non-hydrogen) atoms. The van der Waals surface area contributed by atoms with Gasteiger partial charge in [-0.15, -0.1) is 0 Å². The zero-order valence-corrected chi connectivity index (χ0v) is 15.7. The number of amides is 2. The van der Waals surface area contributed by atoms with Crippen molar-refractivity contribution in [1.82, 2.24) is 10.3 Å². The van der Waals surface area contributed by atoms with Gasteiger partial charge in [0.05, 0.1) is 6.10 Å². The van der Waals surface area contributed by atoms with Gasteiger partial charge in [-0.05, 0) is 42.5 Å². The fraction of sp³-hybridized carbons (Fsp3) is 0.381. The maximum atomic E-state index is 12.6. The smallest absolute Gasteiger partial charge is 0.274 e. The number of nitrogens with one attached hydrogen (secondary N) is 2. The van der Waals surface area contributed by atoms with Crippen molar-refractivity contribution in [2.24, 2.45) is 0 Å². The van der Waals surface area contributed by atoms with E-state index in [1.807, 2.05) is 24.3 Å². The lowest BCUT2D eigenvalue weighted by Crippen LogP contribution is -2.32. The van der Waals surface area contributed by atoms with E-state index in [-0.39, 0.29) is 29.5 Å². The Hall–Kier alpha value is -2.73. The third-order valence-electron chi connectivity index (χ3n) is 4.60. The summed E-state index contributed by atoms with van der Waals surface area (Å²) in [4.78, 5) is 29.1. The lowest BCUT2D eigenvalue weighted by molar-refractivity contribution is 0.0857. The highest BCUT2D eigenvalue weighted by atomic mass is 16.5. The molecule has 0 aliphatic carbocycles. The number of carbonyl (C=O) groups is 2. The number of ether oxygens (including phenoxy) is 1. The van der Waals surface area contributed by atoms with Gasteiger partial charge in [-0.3, -0.25) is 14.6 Å². The normalized spacial score (nSPS) is 16.3. The van der Waals surface area contributed by atoms with Crippen LogP contribution in [0.3, 0.4) is 0 Å². The lowest BCUT2D eigenvalue weighted by Gasteiger charge is -2.14. The van der Waals surface area contributed by atoms with Gasteiger partial charge in [0.2, 0.25) is 0 Å². The first-order valence-electron chi connectivity index (χ1n) is 9.30. The van der Waals surface area contributed by atoms with Crippen LogP contribution in [0.2, 0.25) is 0 Å². The largest absolute Gasteiger partial charge is 0.376 e. The molecule has 1 aromatic heterocycles. The molecule has 1 aliphatic rings. The van der Waals surface area contributed by atoms with Crippen LogP contribution in [0.25, 0.3) is 0 Å². The number of para-hydroxylation sites is 1. The molecule has 0 saturated carbocycles. The van der Waals surface area contributed by atoms with Crippen LogP contribution in [0.15, 0.2) is 42.6 Å². The molecule has 1 aliphatic heterocycles. The highest BCUT2D eigenvalue weighted by Crippen LogP contribution is 2.24. The van der Waals surface area contributed by atoms with Crippen molar-refractivity contribution in [2.75, 3.05) is 18.5 Å². The Balaban J connectivity index is 1.67. The number of anilines is 1. The Labute approximate surface area is 159 Å². The van der Waals surface area contributed by atoms with Crippen molar-refractivity contribution in [2.45, 2.75) is 38.7 Å². The topological polar surface area (TPSA) is 80.3 Å². The first kappa shape index (κ1) is 19.0. The molecule has 142 valence electrons. The highest BCUT2D eigenvalue weighted by Gasteiger charge is 2.18. The van der Waals surface area contributed by atoms with E-state index in [1.54, 1.807) is 6.07 Å². The molecule has 2 N–H and O–H groups in total. The summed E-state index contributed by atoms with van der Waals surface area (Å²) in [5, 5.41) is 5.76. The first-order valence-corrected chi connectivity index (χ1v) is 9.30. The molecule has 2 aromatic rings. The third-order valence-corrected chi connectivity index (χ3v) is 4.60. The van der Waals surface area contributed by atoms with Crippen LogP contribution in [0.5, 0.6) is 0 Å². The van der Waals surface area contributed by atoms with Crippen molar-refractivity contribution in [3.8, 4) is 0 Å². The number of aromatic nitrogens is 1. The maximum absolute atomic E-state index is 12.6. The van der Waals surface area contributed by atoms with Crippen LogP contribution in [0.1, 0.15) is 59.0 Å². The van der Waals surface area contributed by atoms with Crippen LogP contribution in [-0.4, -0.2) is 36.1 Å². The van der Waals surface area contributed by atoms with Crippen LogP contribution < -0.4 is 10.6 Å². The summed E-state index contributed by atoms with van der Waals surface area (Å²) in [7, 11) is 0. The Morgan fingerprint density at radius 1 is 1.22 bits per heavy atom. The molecule has 1 saturated heterocycles. The molecule has 0 radical (unpaired) electrons. The summed E-state index contributed by atoms with van der Waals surface area (Å²) in [6, 6.07) is 10.8. The van der Waals surface area contributed by atoms with E-state index in [9.17, 15) is 9.59 Å². The molecule has 1 fully saturated rings. The monoisotopic (exact) mass is 367 g/mol. The average molecular weight is 367 g/mol. The number of nitrogens with zero attached hydrogens (tertiary/aromatic N) is 1. The van der Waals surface area contributed by atoms with Gasteiger partial charge >= 0.3 is 0 Å². The zero-order chi connectivity index (χ0) is 19.2. The lowest BCUT2D eigenvalue weighted by atomic mass is 10.0. The van der Waals surface area contributed by atoms with E-state index in [2.05, 4.69) is 29.5 Å². The number of carbonyl (C=O) groups excluding carboxylic acids is 2. The minimum atomic E-state index is -0.336. The zero-order valence-electron chi connectivity index (χ0n) is 15.7. The molecule has 2 amide bonds. The van der Waals surface area contributed by atoms with Crippen LogP contribution in [0.4, 0.5) is 5.69 Å². The molecule has 3 rings (SSSR count). The van der Waals surface area contributed by atoms with Crippen LogP contribution in [0, 0.1) is 0 Å². The van der Waals surface area contributed by atoms with Crippen molar-refractivity contribution in [3.63, 3.8) is 0 Å². The molecule has 0 spiro atoms. The number of rotatable bonds is 6. The van der Waals surface area contributed by atoms with Gasteiger partial charge < -0.3 is 15.4 Å². The van der Waals surface area contributed by atoms with E-state index >= 15 is 0 Å². The molecule has 6 heteroatoms. The van der Waals surface area contributed by atoms with Gasteiger partial charge in [-0.2, -0.15) is 0 Å². The van der Waals surface area contributed by atoms with Gasteiger partial charge in [-0.1, -0.05) is 32.0 Å². The first-order chi connectivity index (χ1) is 13.0. The van der Waals surface area contributed by atoms with Crippen molar-refractivity contribution in [1.29, 1.82) is 0 Å². The Morgan fingerprint density at radius 2 is 2.04 bits per heavy atom. The van der Waals surface area contributed by atoms with E-state index in [1.165, 1.54) is 12.3 Å². The summed E-state index contributed by atoms with van der Waals surface area (Å²) >= 11 is 0. The van der Waals surface area contributed by atoms with Gasteiger partial charge in [0.25, 0.3) is 11.8 Å². The minimum Gasteiger partial charge on any atom is -0.376 e. The van der Waals surface area contributed by atoms with Crippen molar-refractivity contribution < 1.29 is 14.3 Å². The third kappa shape index (κ3) is 4.92. The quantitative estimate of drug-likeness (QED) is 0.820. The van der Waals surface area contributed by atoms with E-state index < -0.39 is 0 Å². The summed E-state index contributed by atoms with van der Waals surface area (Å²) in [5.74, 6) is -0.286. The van der Waals surface area contributed by atoms with Gasteiger partial charge in [0.1, 0.15) is 5.69 Å². The second-order valence-corrected chi connectivity index (χ2v) is 6.97. The van der Waals surface area contributed by atoms with Crippen molar-refractivity contribution in [3.05, 3.63) is 59.4 Å². The number of hydrogen-bond acceptors (Lipinski definition) is 4. The van der Waals surface area contributed by atoms with Crippen molar-refractivity contribution >= 4 is 17.5 Å². The molecular formula is C21H25N3O3. The standard InChI is InChI=1S/C21H25N3O3/c1-14(2)17-7-3-4-8-18(17)24-21(26)19-12-15(9-10-22-19)20(25)23-13-16-6-5-11-27-16/h3-4,7-10,12,14,16H,5-6,11,13H2,1-2H3,(H,23,25)(H,24,26). The fourth-order valence-electron chi connectivity index (χ4n) is 3.11. The second kappa shape index (κ2) is 8.77. The SMILES string of the molecule is CC(C)c1ccccc1NC(=O)c1cc(C(=O)NCC2CCCO2)ccn1. The highest BCUT2D eigenvalue weighted by molar-refractivity contribution is 6.05. The molecule has 6 nitrogen and oxygen atoms in total. The minimum absolute atomic E-state index is 0.0751. The van der Waals surface area contributed by atoms with Crippen LogP contribution in [-0.2, 0) is 4.74 Å². The molecule has 2 heterocycles. The van der Waals surface area contributed by atoms with Gasteiger partial charge in [-0.25, -0.2) is 0 Å². The number of benzene rings is 1. The molecule has 1 aromatic carbocycles. The number of hydrogen-bond donors (Lipinski definition) is 2. The molecule has 1 unspecified atom stereocenters. The molecular weight excluding hydrogens is 342 g/mol. The van der Waals surface area contributed by atoms with Gasteiger partial charge in [0.15, 0.2) is 0 Å². The van der Waals surface area contributed by atoms with E-state index in [0.29, 0.717) is 12.1 Å². The van der Waals surface area contributed by atoms with E-state index in [4.69, 9.17) is 4.74 Å². The van der Waals surface area contributed by atoms with E-state index in [0.717, 1.165) is 30.7 Å². The Morgan fingerprint density at radius 3 is 2.78 bits per heavy atom.